The zero-order valence-corrected chi connectivity index (χ0v) is 11.6. The fourth-order valence-corrected chi connectivity index (χ4v) is 2.49. The molecule has 0 N–H and O–H groups in total. The second-order valence-electron chi connectivity index (χ2n) is 4.86. The van der Waals surface area contributed by atoms with Gasteiger partial charge in [-0.1, -0.05) is 13.0 Å². The van der Waals surface area contributed by atoms with Crippen molar-refractivity contribution in [3.8, 4) is 0 Å². The summed E-state index contributed by atoms with van der Waals surface area (Å²) in [6.07, 6.45) is 4.83. The van der Waals surface area contributed by atoms with Gasteiger partial charge in [-0.05, 0) is 37.1 Å². The Bertz CT molecular complexity index is 433. The summed E-state index contributed by atoms with van der Waals surface area (Å²) in [5.41, 5.74) is 2.21. The Morgan fingerprint density at radius 1 is 1.32 bits per heavy atom. The quantitative estimate of drug-likeness (QED) is 0.757. The topological polar surface area (TPSA) is 23.6 Å². The molecule has 1 aromatic carbocycles. The molecule has 1 fully saturated rings. The highest BCUT2D eigenvalue weighted by Crippen LogP contribution is 2.24. The Morgan fingerprint density at radius 3 is 2.47 bits per heavy atom. The van der Waals surface area contributed by atoms with Crippen molar-refractivity contribution in [2.75, 3.05) is 29.4 Å². The second kappa shape index (κ2) is 6.41. The summed E-state index contributed by atoms with van der Waals surface area (Å²) in [6.45, 7) is 8.46. The number of carbonyl (C=O) groups is 1. The highest BCUT2D eigenvalue weighted by molar-refractivity contribution is 5.93. The van der Waals surface area contributed by atoms with Gasteiger partial charge in [-0.2, -0.15) is 0 Å². The molecule has 19 heavy (non-hydrogen) atoms. The van der Waals surface area contributed by atoms with Gasteiger partial charge in [0.25, 0.3) is 0 Å². The summed E-state index contributed by atoms with van der Waals surface area (Å²) < 4.78 is 0. The van der Waals surface area contributed by atoms with Gasteiger partial charge in [0.15, 0.2) is 0 Å². The molecular weight excluding hydrogens is 236 g/mol. The van der Waals surface area contributed by atoms with E-state index in [9.17, 15) is 4.79 Å². The van der Waals surface area contributed by atoms with Gasteiger partial charge >= 0.3 is 0 Å². The molecule has 1 aliphatic rings. The van der Waals surface area contributed by atoms with Crippen LogP contribution in [0.1, 0.15) is 26.2 Å². The lowest BCUT2D eigenvalue weighted by Crippen LogP contribution is -2.30. The van der Waals surface area contributed by atoms with Crippen LogP contribution in [0, 0.1) is 0 Å². The van der Waals surface area contributed by atoms with Crippen LogP contribution >= 0.6 is 0 Å². The summed E-state index contributed by atoms with van der Waals surface area (Å²) in [4.78, 5) is 16.1. The van der Waals surface area contributed by atoms with Gasteiger partial charge in [-0.15, -0.1) is 6.58 Å². The van der Waals surface area contributed by atoms with E-state index in [4.69, 9.17) is 0 Å². The number of nitrogens with zero attached hydrogens (tertiary/aromatic N) is 2. The van der Waals surface area contributed by atoms with Crippen molar-refractivity contribution in [2.24, 2.45) is 0 Å². The van der Waals surface area contributed by atoms with Crippen molar-refractivity contribution < 1.29 is 4.79 Å². The van der Waals surface area contributed by atoms with Gasteiger partial charge in [0.1, 0.15) is 0 Å². The van der Waals surface area contributed by atoms with Gasteiger partial charge < -0.3 is 9.80 Å². The fraction of sp³-hybridized carbons (Fsp3) is 0.438. The van der Waals surface area contributed by atoms with E-state index in [1.807, 2.05) is 19.1 Å². The minimum atomic E-state index is 0.133. The molecule has 1 aromatic rings. The van der Waals surface area contributed by atoms with Gasteiger partial charge in [0.2, 0.25) is 5.91 Å². The average Bonchev–Trinajstić information content (AvgIpc) is 2.98. The maximum atomic E-state index is 11.9. The molecule has 3 heteroatoms. The minimum absolute atomic E-state index is 0.133. The van der Waals surface area contributed by atoms with Crippen molar-refractivity contribution in [2.45, 2.75) is 26.2 Å². The molecule has 0 saturated carbocycles. The van der Waals surface area contributed by atoms with E-state index in [2.05, 4.69) is 23.6 Å². The van der Waals surface area contributed by atoms with Crippen LogP contribution in [0.4, 0.5) is 11.4 Å². The van der Waals surface area contributed by atoms with E-state index in [0.717, 1.165) is 18.8 Å². The molecule has 1 aliphatic heterocycles. The first-order valence-electron chi connectivity index (χ1n) is 7.02. The van der Waals surface area contributed by atoms with Gasteiger partial charge in [-0.25, -0.2) is 0 Å². The molecule has 0 spiro atoms. The third kappa shape index (κ3) is 3.16. The summed E-state index contributed by atoms with van der Waals surface area (Å²) >= 11 is 0. The maximum absolute atomic E-state index is 11.9. The maximum Gasteiger partial charge on any atom is 0.226 e. The molecule has 0 atom stereocenters. The van der Waals surface area contributed by atoms with Gasteiger partial charge in [0.05, 0.1) is 0 Å². The summed E-state index contributed by atoms with van der Waals surface area (Å²) in [7, 11) is 0. The number of carbonyl (C=O) groups excluding carboxylic acids is 1. The molecule has 1 amide bonds. The molecule has 2 rings (SSSR count). The summed E-state index contributed by atoms with van der Waals surface area (Å²) in [5.74, 6) is 0.133. The van der Waals surface area contributed by atoms with Crippen LogP contribution in [0.25, 0.3) is 0 Å². The number of rotatable bonds is 5. The molecule has 1 saturated heterocycles. The Hall–Kier alpha value is -1.77. The largest absolute Gasteiger partial charge is 0.372 e. The summed E-state index contributed by atoms with van der Waals surface area (Å²) in [6, 6.07) is 8.29. The van der Waals surface area contributed by atoms with Crippen LogP contribution in [0.2, 0.25) is 0 Å². The number of benzene rings is 1. The normalized spacial score (nSPS) is 14.5. The van der Waals surface area contributed by atoms with Gasteiger partial charge in [-0.3, -0.25) is 4.79 Å². The van der Waals surface area contributed by atoms with Crippen LogP contribution in [0.3, 0.4) is 0 Å². The smallest absolute Gasteiger partial charge is 0.226 e. The number of hydrogen-bond acceptors (Lipinski definition) is 2. The Labute approximate surface area is 115 Å². The van der Waals surface area contributed by atoms with Crippen molar-refractivity contribution in [1.82, 2.24) is 0 Å². The Morgan fingerprint density at radius 2 is 1.95 bits per heavy atom. The third-order valence-corrected chi connectivity index (χ3v) is 3.55. The molecule has 0 unspecified atom stereocenters. The van der Waals surface area contributed by atoms with Crippen molar-refractivity contribution in [1.29, 1.82) is 0 Å². The zero-order valence-electron chi connectivity index (χ0n) is 11.6. The van der Waals surface area contributed by atoms with Crippen molar-refractivity contribution in [3.05, 3.63) is 36.9 Å². The second-order valence-corrected chi connectivity index (χ2v) is 4.86. The Balaban J connectivity index is 2.14. The van der Waals surface area contributed by atoms with Crippen LogP contribution in [-0.4, -0.2) is 25.5 Å². The minimum Gasteiger partial charge on any atom is -0.372 e. The van der Waals surface area contributed by atoms with E-state index < -0.39 is 0 Å². The highest BCUT2D eigenvalue weighted by Gasteiger charge is 2.15. The molecule has 0 radical (unpaired) electrons. The molecule has 1 heterocycles. The van der Waals surface area contributed by atoms with Crippen LogP contribution < -0.4 is 9.80 Å². The van der Waals surface area contributed by atoms with Crippen LogP contribution in [0.15, 0.2) is 36.9 Å². The van der Waals surface area contributed by atoms with E-state index in [1.165, 1.54) is 18.5 Å². The predicted molar refractivity (Wildman–Crippen MR) is 80.7 cm³/mol. The lowest BCUT2D eigenvalue weighted by Gasteiger charge is -2.23. The predicted octanol–water partition coefficient (Wildman–Crippen LogP) is 3.22. The molecule has 0 aliphatic carbocycles. The summed E-state index contributed by atoms with van der Waals surface area (Å²) in [5, 5.41) is 0. The molecule has 3 nitrogen and oxygen atoms in total. The first kappa shape index (κ1) is 13.7. The fourth-order valence-electron chi connectivity index (χ4n) is 2.49. The monoisotopic (exact) mass is 258 g/mol. The first-order valence-corrected chi connectivity index (χ1v) is 7.02. The molecule has 102 valence electrons. The lowest BCUT2D eigenvalue weighted by atomic mass is 10.2. The first-order chi connectivity index (χ1) is 9.26. The molecule has 0 bridgehead atoms. The molecule has 0 aromatic heterocycles. The third-order valence-electron chi connectivity index (χ3n) is 3.55. The molecular formula is C16H22N2O. The van der Waals surface area contributed by atoms with Crippen molar-refractivity contribution in [3.63, 3.8) is 0 Å². The SMILES string of the molecule is C=CCN(C(=O)CC)c1ccc(N2CCCC2)cc1. The average molecular weight is 258 g/mol. The van der Waals surface area contributed by atoms with Crippen molar-refractivity contribution >= 4 is 17.3 Å². The van der Waals surface area contributed by atoms with Crippen LogP contribution in [0.5, 0.6) is 0 Å². The van der Waals surface area contributed by atoms with E-state index >= 15 is 0 Å². The van der Waals surface area contributed by atoms with Crippen LogP contribution in [-0.2, 0) is 4.79 Å². The Kier molecular flexibility index (Phi) is 4.61. The standard InChI is InChI=1S/C16H22N2O/c1-3-11-18(16(19)4-2)15-9-7-14(8-10-15)17-12-5-6-13-17/h3,7-10H,1,4-6,11-13H2,2H3. The number of hydrogen-bond donors (Lipinski definition) is 0. The zero-order chi connectivity index (χ0) is 13.7. The van der Waals surface area contributed by atoms with Gasteiger partial charge in [0, 0.05) is 37.4 Å². The lowest BCUT2D eigenvalue weighted by molar-refractivity contribution is -0.118. The van der Waals surface area contributed by atoms with E-state index in [-0.39, 0.29) is 5.91 Å². The highest BCUT2D eigenvalue weighted by atomic mass is 16.2. The van der Waals surface area contributed by atoms with E-state index in [0.29, 0.717) is 13.0 Å². The number of amides is 1. The van der Waals surface area contributed by atoms with E-state index in [1.54, 1.807) is 11.0 Å². The number of anilines is 2.